The molecular formula is C4H6OS. The Morgan fingerprint density at radius 2 is 2.00 bits per heavy atom. The Balaban J connectivity index is 2.09. The number of ether oxygens (including phenoxy) is 1. The monoisotopic (exact) mass is 102 g/mol. The summed E-state index contributed by atoms with van der Waals surface area (Å²) < 4.78 is 5.13. The number of thioether (sulfide) groups is 1. The molecule has 0 aliphatic carbocycles. The van der Waals surface area contributed by atoms with Gasteiger partial charge in [-0.3, -0.25) is 0 Å². The van der Waals surface area contributed by atoms with Crippen molar-refractivity contribution in [1.29, 1.82) is 0 Å². The van der Waals surface area contributed by atoms with Crippen molar-refractivity contribution in [3.8, 4) is 0 Å². The van der Waals surface area contributed by atoms with Crippen LogP contribution in [0.15, 0.2) is 0 Å². The predicted octanol–water partition coefficient (Wildman–Crippen LogP) is 0.501. The molecule has 2 atom stereocenters. The third kappa shape index (κ3) is 0.312. The van der Waals surface area contributed by atoms with Gasteiger partial charge in [-0.25, -0.2) is 0 Å². The summed E-state index contributed by atoms with van der Waals surface area (Å²) in [5.41, 5.74) is 0. The summed E-state index contributed by atoms with van der Waals surface area (Å²) in [6, 6.07) is 0. The van der Waals surface area contributed by atoms with Crippen molar-refractivity contribution in [2.24, 2.45) is 0 Å². The van der Waals surface area contributed by atoms with Gasteiger partial charge in [-0.05, 0) is 0 Å². The first-order valence-corrected chi connectivity index (χ1v) is 3.35. The fraction of sp³-hybridized carbons (Fsp3) is 1.00. The SMILES string of the molecule is C1SCC2OC12. The molecule has 0 radical (unpaired) electrons. The first-order chi connectivity index (χ1) is 2.97. The zero-order valence-electron chi connectivity index (χ0n) is 3.39. The highest BCUT2D eigenvalue weighted by Gasteiger charge is 2.43. The second kappa shape index (κ2) is 0.928. The largest absolute Gasteiger partial charge is 0.368 e. The van der Waals surface area contributed by atoms with Gasteiger partial charge in [0.05, 0.1) is 12.2 Å². The van der Waals surface area contributed by atoms with Crippen LogP contribution in [0.1, 0.15) is 0 Å². The summed E-state index contributed by atoms with van der Waals surface area (Å²) in [6.45, 7) is 0. The normalized spacial score (nSPS) is 52.0. The molecule has 0 aromatic heterocycles. The van der Waals surface area contributed by atoms with Gasteiger partial charge in [-0.2, -0.15) is 11.8 Å². The van der Waals surface area contributed by atoms with Crippen molar-refractivity contribution >= 4 is 11.8 Å². The Morgan fingerprint density at radius 3 is 2.17 bits per heavy atom. The Kier molecular flexibility index (Phi) is 0.515. The van der Waals surface area contributed by atoms with Crippen molar-refractivity contribution in [3.05, 3.63) is 0 Å². The van der Waals surface area contributed by atoms with Crippen LogP contribution in [0.25, 0.3) is 0 Å². The Hall–Kier alpha value is 0.310. The maximum Gasteiger partial charge on any atom is 0.0940 e. The van der Waals surface area contributed by atoms with E-state index in [2.05, 4.69) is 0 Å². The standard InChI is InChI=1S/C4H6OS/c1-3-4(5-3)2-6-1/h3-4H,1-2H2. The number of hydrogen-bond donors (Lipinski definition) is 0. The summed E-state index contributed by atoms with van der Waals surface area (Å²) in [4.78, 5) is 0. The molecule has 1 nitrogen and oxygen atoms in total. The average Bonchev–Trinajstić information content (AvgIpc) is 2.17. The first-order valence-electron chi connectivity index (χ1n) is 2.20. The maximum absolute atomic E-state index is 5.13. The molecule has 0 aromatic rings. The topological polar surface area (TPSA) is 12.5 Å². The number of fused-ring (bicyclic) bond motifs is 1. The summed E-state index contributed by atoms with van der Waals surface area (Å²) in [6.07, 6.45) is 1.35. The summed E-state index contributed by atoms with van der Waals surface area (Å²) in [7, 11) is 0. The molecule has 0 spiro atoms. The lowest BCUT2D eigenvalue weighted by Gasteiger charge is -1.82. The molecule has 2 rings (SSSR count). The molecule has 0 aromatic carbocycles. The van der Waals surface area contributed by atoms with Crippen LogP contribution in [-0.4, -0.2) is 23.7 Å². The van der Waals surface area contributed by atoms with Crippen molar-refractivity contribution in [2.75, 3.05) is 11.5 Å². The minimum Gasteiger partial charge on any atom is -0.368 e. The van der Waals surface area contributed by atoms with Gasteiger partial charge in [0.15, 0.2) is 0 Å². The highest BCUT2D eigenvalue weighted by atomic mass is 32.2. The fourth-order valence-corrected chi connectivity index (χ4v) is 1.96. The van der Waals surface area contributed by atoms with Gasteiger partial charge in [0.25, 0.3) is 0 Å². The molecule has 2 aliphatic heterocycles. The zero-order chi connectivity index (χ0) is 3.98. The molecule has 2 unspecified atom stereocenters. The van der Waals surface area contributed by atoms with E-state index in [0.717, 1.165) is 0 Å². The molecule has 2 fully saturated rings. The number of rotatable bonds is 0. The highest BCUT2D eigenvalue weighted by molar-refractivity contribution is 7.99. The molecule has 0 N–H and O–H groups in total. The lowest BCUT2D eigenvalue weighted by molar-refractivity contribution is 0.387. The van der Waals surface area contributed by atoms with Gasteiger partial charge < -0.3 is 4.74 Å². The molecule has 0 bridgehead atoms. The van der Waals surface area contributed by atoms with Crippen LogP contribution in [0.4, 0.5) is 0 Å². The molecule has 0 saturated carbocycles. The van der Waals surface area contributed by atoms with Gasteiger partial charge in [0, 0.05) is 11.5 Å². The second-order valence-electron chi connectivity index (χ2n) is 1.75. The van der Waals surface area contributed by atoms with E-state index in [1.807, 2.05) is 11.8 Å². The molecule has 2 aliphatic rings. The average molecular weight is 102 g/mol. The fourth-order valence-electron chi connectivity index (χ4n) is 0.773. The third-order valence-corrected chi connectivity index (χ3v) is 2.38. The van der Waals surface area contributed by atoms with Crippen LogP contribution in [0.2, 0.25) is 0 Å². The minimum atomic E-state index is 0.676. The van der Waals surface area contributed by atoms with Gasteiger partial charge in [-0.1, -0.05) is 0 Å². The van der Waals surface area contributed by atoms with Crippen LogP contribution in [0, 0.1) is 0 Å². The van der Waals surface area contributed by atoms with Gasteiger partial charge in [-0.15, -0.1) is 0 Å². The molecule has 0 amide bonds. The summed E-state index contributed by atoms with van der Waals surface area (Å²) in [5, 5.41) is 0. The molecule has 2 saturated heterocycles. The van der Waals surface area contributed by atoms with Crippen molar-refractivity contribution < 1.29 is 4.74 Å². The van der Waals surface area contributed by atoms with E-state index in [9.17, 15) is 0 Å². The number of epoxide rings is 1. The van der Waals surface area contributed by atoms with Crippen LogP contribution < -0.4 is 0 Å². The second-order valence-corrected chi connectivity index (χ2v) is 2.83. The molecular weight excluding hydrogens is 96.1 g/mol. The summed E-state index contributed by atoms with van der Waals surface area (Å²) >= 11 is 2.01. The minimum absolute atomic E-state index is 0.676. The van der Waals surface area contributed by atoms with Crippen LogP contribution in [0.3, 0.4) is 0 Å². The van der Waals surface area contributed by atoms with Crippen LogP contribution in [0.5, 0.6) is 0 Å². The van der Waals surface area contributed by atoms with Gasteiger partial charge >= 0.3 is 0 Å². The predicted molar refractivity (Wildman–Crippen MR) is 26.0 cm³/mol. The Bertz CT molecular complexity index is 65.9. The highest BCUT2D eigenvalue weighted by Crippen LogP contribution is 2.35. The van der Waals surface area contributed by atoms with Crippen LogP contribution >= 0.6 is 11.8 Å². The van der Waals surface area contributed by atoms with Crippen molar-refractivity contribution in [3.63, 3.8) is 0 Å². The molecule has 6 heavy (non-hydrogen) atoms. The zero-order valence-corrected chi connectivity index (χ0v) is 4.20. The van der Waals surface area contributed by atoms with E-state index in [1.165, 1.54) is 11.5 Å². The quantitative estimate of drug-likeness (QED) is 0.413. The van der Waals surface area contributed by atoms with E-state index in [-0.39, 0.29) is 0 Å². The smallest absolute Gasteiger partial charge is 0.0940 e. The van der Waals surface area contributed by atoms with Gasteiger partial charge in [0.2, 0.25) is 0 Å². The van der Waals surface area contributed by atoms with Crippen molar-refractivity contribution in [2.45, 2.75) is 12.2 Å². The van der Waals surface area contributed by atoms with E-state index in [0.29, 0.717) is 12.2 Å². The van der Waals surface area contributed by atoms with E-state index in [4.69, 9.17) is 4.74 Å². The van der Waals surface area contributed by atoms with Gasteiger partial charge in [0.1, 0.15) is 0 Å². The van der Waals surface area contributed by atoms with E-state index in [1.54, 1.807) is 0 Å². The lowest BCUT2D eigenvalue weighted by Crippen LogP contribution is -1.82. The third-order valence-electron chi connectivity index (χ3n) is 1.25. The summed E-state index contributed by atoms with van der Waals surface area (Å²) in [5.74, 6) is 2.51. The molecule has 2 heteroatoms. The molecule has 34 valence electrons. The maximum atomic E-state index is 5.13. The van der Waals surface area contributed by atoms with Crippen LogP contribution in [-0.2, 0) is 4.74 Å². The number of hydrogen-bond acceptors (Lipinski definition) is 2. The van der Waals surface area contributed by atoms with Crippen molar-refractivity contribution in [1.82, 2.24) is 0 Å². The first kappa shape index (κ1) is 3.33. The Morgan fingerprint density at radius 1 is 1.33 bits per heavy atom. The Labute approximate surface area is 41.1 Å². The van der Waals surface area contributed by atoms with E-state index < -0.39 is 0 Å². The molecule has 2 heterocycles. The van der Waals surface area contributed by atoms with E-state index >= 15 is 0 Å². The lowest BCUT2D eigenvalue weighted by atomic mass is 10.4.